The third-order valence-electron chi connectivity index (χ3n) is 6.21. The summed E-state index contributed by atoms with van der Waals surface area (Å²) in [6, 6.07) is 5.99. The number of ether oxygens (including phenoxy) is 1. The van der Waals surface area contributed by atoms with Gasteiger partial charge < -0.3 is 14.9 Å². The van der Waals surface area contributed by atoms with Crippen LogP contribution in [0.5, 0.6) is 5.75 Å². The Morgan fingerprint density at radius 3 is 2.21 bits per heavy atom. The first-order chi connectivity index (χ1) is 13.8. The predicted octanol–water partition coefficient (Wildman–Crippen LogP) is 5.41. The van der Waals surface area contributed by atoms with Crippen molar-refractivity contribution in [3.63, 3.8) is 0 Å². The minimum atomic E-state index is -0.734. The predicted molar refractivity (Wildman–Crippen MR) is 113 cm³/mol. The highest BCUT2D eigenvalue weighted by Crippen LogP contribution is 2.43. The van der Waals surface area contributed by atoms with Gasteiger partial charge in [-0.15, -0.1) is 0 Å². The number of rotatable bonds is 15. The standard InChI is InChI=1S/C24H36O5/c1-23(2,22(27)28)14-7-4-3-5-10-19-12-9-13-20(21(19)26)11-6-8-15-24(16-17-24)29-18-25/h9,12-13,18,26H,3-8,10-11,14-17H2,1-2H3,(H,27,28). The number of hydrogen-bond donors (Lipinski definition) is 2. The van der Waals surface area contributed by atoms with Gasteiger partial charge in [0.05, 0.1) is 5.41 Å². The molecule has 0 heterocycles. The summed E-state index contributed by atoms with van der Waals surface area (Å²) in [4.78, 5) is 21.7. The number of phenols is 1. The first-order valence-corrected chi connectivity index (χ1v) is 10.9. The van der Waals surface area contributed by atoms with E-state index in [1.54, 1.807) is 13.8 Å². The van der Waals surface area contributed by atoms with Gasteiger partial charge in [-0.05, 0) is 82.8 Å². The molecule has 5 nitrogen and oxygen atoms in total. The minimum absolute atomic E-state index is 0.189. The normalized spacial score (nSPS) is 15.1. The zero-order valence-corrected chi connectivity index (χ0v) is 17.9. The van der Waals surface area contributed by atoms with E-state index in [2.05, 4.69) is 0 Å². The first kappa shape index (κ1) is 23.2. The van der Waals surface area contributed by atoms with Gasteiger partial charge in [-0.2, -0.15) is 0 Å². The number of aromatic hydroxyl groups is 1. The molecule has 29 heavy (non-hydrogen) atoms. The van der Waals surface area contributed by atoms with E-state index in [0.29, 0.717) is 18.6 Å². The Bertz CT molecular complexity index is 676. The number of carbonyl (C=O) groups is 2. The maximum absolute atomic E-state index is 11.1. The van der Waals surface area contributed by atoms with Gasteiger partial charge in [0, 0.05) is 0 Å². The van der Waals surface area contributed by atoms with Crippen molar-refractivity contribution >= 4 is 12.4 Å². The lowest BCUT2D eigenvalue weighted by molar-refractivity contribution is -0.147. The first-order valence-electron chi connectivity index (χ1n) is 10.9. The molecule has 0 saturated heterocycles. The van der Waals surface area contributed by atoms with Crippen molar-refractivity contribution < 1.29 is 24.5 Å². The van der Waals surface area contributed by atoms with Crippen molar-refractivity contribution in [1.29, 1.82) is 0 Å². The number of hydrogen-bond acceptors (Lipinski definition) is 4. The van der Waals surface area contributed by atoms with Crippen LogP contribution >= 0.6 is 0 Å². The number of aryl methyl sites for hydroxylation is 2. The molecule has 5 heteroatoms. The second-order valence-corrected chi connectivity index (χ2v) is 9.13. The molecule has 0 aliphatic heterocycles. The summed E-state index contributed by atoms with van der Waals surface area (Å²) in [5, 5.41) is 19.7. The van der Waals surface area contributed by atoms with E-state index in [9.17, 15) is 14.7 Å². The van der Waals surface area contributed by atoms with Crippen molar-refractivity contribution in [2.24, 2.45) is 5.41 Å². The zero-order valence-electron chi connectivity index (χ0n) is 17.9. The van der Waals surface area contributed by atoms with Crippen molar-refractivity contribution in [3.05, 3.63) is 29.3 Å². The molecular formula is C24H36O5. The maximum Gasteiger partial charge on any atom is 0.309 e. The Labute approximate surface area is 174 Å². The van der Waals surface area contributed by atoms with E-state index in [-0.39, 0.29) is 5.60 Å². The van der Waals surface area contributed by atoms with Crippen molar-refractivity contribution in [2.45, 2.75) is 96.5 Å². The number of carboxylic acid groups (broad SMARTS) is 1. The second-order valence-electron chi connectivity index (χ2n) is 9.13. The van der Waals surface area contributed by atoms with Gasteiger partial charge in [0.2, 0.25) is 0 Å². The molecule has 2 N–H and O–H groups in total. The van der Waals surface area contributed by atoms with Gasteiger partial charge in [-0.25, -0.2) is 0 Å². The zero-order chi connectivity index (χ0) is 21.3. The van der Waals surface area contributed by atoms with Crippen LogP contribution in [0.3, 0.4) is 0 Å². The van der Waals surface area contributed by atoms with Crippen LogP contribution in [0.15, 0.2) is 18.2 Å². The van der Waals surface area contributed by atoms with Gasteiger partial charge in [-0.1, -0.05) is 37.5 Å². The van der Waals surface area contributed by atoms with Crippen LogP contribution in [-0.2, 0) is 27.2 Å². The molecule has 2 rings (SSSR count). The fraction of sp³-hybridized carbons (Fsp3) is 0.667. The second kappa shape index (κ2) is 10.7. The molecule has 0 spiro atoms. The van der Waals surface area contributed by atoms with Crippen LogP contribution < -0.4 is 0 Å². The number of benzene rings is 1. The van der Waals surface area contributed by atoms with Crippen molar-refractivity contribution in [2.75, 3.05) is 0 Å². The molecule has 0 radical (unpaired) electrons. The lowest BCUT2D eigenvalue weighted by Gasteiger charge is -2.18. The average Bonchev–Trinajstić information content (AvgIpc) is 3.43. The smallest absolute Gasteiger partial charge is 0.309 e. The summed E-state index contributed by atoms with van der Waals surface area (Å²) in [6.45, 7) is 4.12. The highest BCUT2D eigenvalue weighted by molar-refractivity contribution is 5.73. The highest BCUT2D eigenvalue weighted by Gasteiger charge is 2.44. The van der Waals surface area contributed by atoms with E-state index in [0.717, 1.165) is 81.8 Å². The molecule has 1 saturated carbocycles. The Hall–Kier alpha value is -2.04. The molecule has 1 aliphatic rings. The molecule has 1 aromatic carbocycles. The fourth-order valence-electron chi connectivity index (χ4n) is 3.82. The Balaban J connectivity index is 1.67. The number of phenolic OH excluding ortho intramolecular Hbond substituents is 1. The van der Waals surface area contributed by atoms with Crippen LogP contribution in [0.1, 0.15) is 89.2 Å². The van der Waals surface area contributed by atoms with Crippen LogP contribution in [0.4, 0.5) is 0 Å². The Morgan fingerprint density at radius 1 is 1.07 bits per heavy atom. The third kappa shape index (κ3) is 7.37. The van der Waals surface area contributed by atoms with Gasteiger partial charge >= 0.3 is 5.97 Å². The molecule has 0 bridgehead atoms. The van der Waals surface area contributed by atoms with Crippen molar-refractivity contribution in [3.8, 4) is 5.75 Å². The van der Waals surface area contributed by atoms with Gasteiger partial charge in [-0.3, -0.25) is 9.59 Å². The van der Waals surface area contributed by atoms with Crippen molar-refractivity contribution in [1.82, 2.24) is 0 Å². The molecule has 162 valence electrons. The quantitative estimate of drug-likeness (QED) is 0.301. The SMILES string of the molecule is CC(C)(CCCCCCc1cccc(CCCCC2(OC=O)CC2)c1O)C(=O)O. The summed E-state index contributed by atoms with van der Waals surface area (Å²) in [5.74, 6) is -0.312. The summed E-state index contributed by atoms with van der Waals surface area (Å²) < 4.78 is 5.18. The molecule has 1 fully saturated rings. The molecule has 0 unspecified atom stereocenters. The van der Waals surface area contributed by atoms with Crippen LogP contribution in [0.2, 0.25) is 0 Å². The highest BCUT2D eigenvalue weighted by atomic mass is 16.5. The van der Waals surface area contributed by atoms with Gasteiger partial charge in [0.25, 0.3) is 6.47 Å². The number of carboxylic acids is 1. The fourth-order valence-corrected chi connectivity index (χ4v) is 3.82. The number of unbranched alkanes of at least 4 members (excludes halogenated alkanes) is 4. The number of aliphatic carboxylic acids is 1. The summed E-state index contributed by atoms with van der Waals surface area (Å²) in [5.41, 5.74) is 1.15. The maximum atomic E-state index is 11.1. The lowest BCUT2D eigenvalue weighted by atomic mass is 9.87. The molecule has 0 atom stereocenters. The Kier molecular flexibility index (Phi) is 8.54. The molecule has 0 aromatic heterocycles. The lowest BCUT2D eigenvalue weighted by Crippen LogP contribution is -2.23. The van der Waals surface area contributed by atoms with E-state index in [4.69, 9.17) is 9.84 Å². The minimum Gasteiger partial charge on any atom is -0.507 e. The van der Waals surface area contributed by atoms with Crippen LogP contribution in [0, 0.1) is 5.41 Å². The van der Waals surface area contributed by atoms with Gasteiger partial charge in [0.15, 0.2) is 0 Å². The number of carbonyl (C=O) groups excluding carboxylic acids is 1. The molecular weight excluding hydrogens is 368 g/mol. The van der Waals surface area contributed by atoms with E-state index < -0.39 is 11.4 Å². The average molecular weight is 405 g/mol. The topological polar surface area (TPSA) is 83.8 Å². The number of para-hydroxylation sites is 1. The molecule has 0 amide bonds. The third-order valence-corrected chi connectivity index (χ3v) is 6.21. The van der Waals surface area contributed by atoms with E-state index >= 15 is 0 Å². The Morgan fingerprint density at radius 2 is 1.66 bits per heavy atom. The van der Waals surface area contributed by atoms with Crippen LogP contribution in [-0.4, -0.2) is 28.3 Å². The largest absolute Gasteiger partial charge is 0.507 e. The molecule has 1 aliphatic carbocycles. The van der Waals surface area contributed by atoms with E-state index in [1.165, 1.54) is 0 Å². The van der Waals surface area contributed by atoms with Crippen LogP contribution in [0.25, 0.3) is 0 Å². The monoisotopic (exact) mass is 404 g/mol. The summed E-state index contributed by atoms with van der Waals surface area (Å²) in [7, 11) is 0. The summed E-state index contributed by atoms with van der Waals surface area (Å²) in [6.07, 6.45) is 11.2. The molecule has 1 aromatic rings. The summed E-state index contributed by atoms with van der Waals surface area (Å²) >= 11 is 0. The van der Waals surface area contributed by atoms with E-state index in [1.807, 2.05) is 18.2 Å². The van der Waals surface area contributed by atoms with Gasteiger partial charge in [0.1, 0.15) is 11.4 Å².